The largest absolute Gasteiger partial charge is 0.506 e. The van der Waals surface area contributed by atoms with Crippen LogP contribution in [0.1, 0.15) is 5.56 Å². The van der Waals surface area contributed by atoms with Gasteiger partial charge >= 0.3 is 6.18 Å². The van der Waals surface area contributed by atoms with Crippen LogP contribution in [-0.2, 0) is 6.18 Å². The molecule has 2 rings (SSSR count). The molecule has 0 aliphatic rings. The third kappa shape index (κ3) is 2.21. The average Bonchev–Trinajstić information content (AvgIpc) is 2.67. The summed E-state index contributed by atoms with van der Waals surface area (Å²) in [7, 11) is 0. The molecule has 1 aromatic carbocycles. The Morgan fingerprint density at radius 1 is 1.28 bits per heavy atom. The molecule has 4 nitrogen and oxygen atoms in total. The predicted octanol–water partition coefficient (Wildman–Crippen LogP) is 3.04. The van der Waals surface area contributed by atoms with Crippen molar-refractivity contribution in [3.8, 4) is 17.0 Å². The number of benzene rings is 1. The Kier molecular flexibility index (Phi) is 2.86. The normalized spacial score (nSPS) is 11.8. The van der Waals surface area contributed by atoms with Crippen LogP contribution in [0.3, 0.4) is 0 Å². The Bertz CT molecular complexity index is 595. The number of nitrogens with two attached hydrogens (primary N) is 1. The summed E-state index contributed by atoms with van der Waals surface area (Å²) in [5.41, 5.74) is 4.42. The fourth-order valence-electron chi connectivity index (χ4n) is 1.44. The van der Waals surface area contributed by atoms with E-state index in [0.717, 1.165) is 6.07 Å². The maximum Gasteiger partial charge on any atom is 0.416 e. The SMILES string of the molecule is Nc1cc(-c2cc(C(F)(F)F)cc(Cl)c2O)[nH]n1. The average molecular weight is 278 g/mol. The van der Waals surface area contributed by atoms with E-state index >= 15 is 0 Å². The fraction of sp³-hybridized carbons (Fsp3) is 0.100. The summed E-state index contributed by atoms with van der Waals surface area (Å²) in [4.78, 5) is 0. The van der Waals surface area contributed by atoms with Crippen LogP contribution in [0.25, 0.3) is 11.3 Å². The van der Waals surface area contributed by atoms with Crippen molar-refractivity contribution in [2.45, 2.75) is 6.18 Å². The lowest BCUT2D eigenvalue weighted by Crippen LogP contribution is -2.05. The molecule has 4 N–H and O–H groups in total. The molecule has 0 spiro atoms. The van der Waals surface area contributed by atoms with E-state index in [1.807, 2.05) is 0 Å². The van der Waals surface area contributed by atoms with Gasteiger partial charge in [-0.15, -0.1) is 0 Å². The highest BCUT2D eigenvalue weighted by Crippen LogP contribution is 2.40. The number of anilines is 1. The number of phenolic OH excluding ortho intramolecular Hbond substituents is 1. The summed E-state index contributed by atoms with van der Waals surface area (Å²) in [5, 5.41) is 15.2. The number of aromatic nitrogens is 2. The second-order valence-corrected chi connectivity index (χ2v) is 3.97. The number of hydrogen-bond acceptors (Lipinski definition) is 3. The highest BCUT2D eigenvalue weighted by molar-refractivity contribution is 6.32. The third-order valence-electron chi connectivity index (χ3n) is 2.28. The molecule has 0 unspecified atom stereocenters. The highest BCUT2D eigenvalue weighted by Gasteiger charge is 2.32. The summed E-state index contributed by atoms with van der Waals surface area (Å²) < 4.78 is 37.8. The first-order valence-corrected chi connectivity index (χ1v) is 5.08. The number of rotatable bonds is 1. The van der Waals surface area contributed by atoms with Gasteiger partial charge in [-0.2, -0.15) is 18.3 Å². The van der Waals surface area contributed by atoms with Crippen LogP contribution >= 0.6 is 11.6 Å². The molecule has 8 heteroatoms. The van der Waals surface area contributed by atoms with E-state index < -0.39 is 22.5 Å². The Balaban J connectivity index is 2.63. The number of H-pyrrole nitrogens is 1. The van der Waals surface area contributed by atoms with E-state index in [4.69, 9.17) is 17.3 Å². The zero-order valence-corrected chi connectivity index (χ0v) is 9.47. The van der Waals surface area contributed by atoms with Crippen molar-refractivity contribution in [2.75, 3.05) is 5.73 Å². The standard InChI is InChI=1S/C10H7ClF3N3O/c11-6-2-4(10(12,13)14)1-5(9(6)18)7-3-8(15)17-16-7/h1-3,18H,(H3,15,16,17). The zero-order chi connectivity index (χ0) is 13.5. The van der Waals surface area contributed by atoms with Gasteiger partial charge in [0.25, 0.3) is 0 Å². The molecular weight excluding hydrogens is 271 g/mol. The molecule has 0 saturated carbocycles. The molecule has 0 saturated heterocycles. The minimum atomic E-state index is -4.56. The predicted molar refractivity (Wildman–Crippen MR) is 60.1 cm³/mol. The van der Waals surface area contributed by atoms with Crippen molar-refractivity contribution in [1.29, 1.82) is 0 Å². The van der Waals surface area contributed by atoms with E-state index in [1.165, 1.54) is 6.07 Å². The molecule has 96 valence electrons. The van der Waals surface area contributed by atoms with Crippen molar-refractivity contribution in [2.24, 2.45) is 0 Å². The molecule has 18 heavy (non-hydrogen) atoms. The molecule has 1 aromatic heterocycles. The first kappa shape index (κ1) is 12.6. The van der Waals surface area contributed by atoms with Crippen LogP contribution < -0.4 is 5.73 Å². The molecule has 1 heterocycles. The Labute approximate surface area is 104 Å². The molecule has 0 bridgehead atoms. The van der Waals surface area contributed by atoms with Crippen molar-refractivity contribution in [3.63, 3.8) is 0 Å². The fourth-order valence-corrected chi connectivity index (χ4v) is 1.66. The van der Waals surface area contributed by atoms with E-state index in [-0.39, 0.29) is 17.1 Å². The number of nitrogens with one attached hydrogen (secondary N) is 1. The van der Waals surface area contributed by atoms with Gasteiger partial charge < -0.3 is 10.8 Å². The summed E-state index contributed by atoms with van der Waals surface area (Å²) in [6.07, 6.45) is -4.56. The summed E-state index contributed by atoms with van der Waals surface area (Å²) in [6.45, 7) is 0. The lowest BCUT2D eigenvalue weighted by Gasteiger charge is -2.11. The number of halogens is 4. The molecule has 0 fully saturated rings. The number of aromatic hydroxyl groups is 1. The maximum absolute atomic E-state index is 12.6. The summed E-state index contributed by atoms with van der Waals surface area (Å²) in [6, 6.07) is 2.72. The van der Waals surface area contributed by atoms with Crippen molar-refractivity contribution in [3.05, 3.63) is 28.8 Å². The molecule has 0 amide bonds. The smallest absolute Gasteiger partial charge is 0.416 e. The van der Waals surface area contributed by atoms with Crippen LogP contribution in [0.15, 0.2) is 18.2 Å². The van der Waals surface area contributed by atoms with Gasteiger partial charge in [-0.25, -0.2) is 0 Å². The maximum atomic E-state index is 12.6. The van der Waals surface area contributed by atoms with E-state index in [2.05, 4.69) is 10.2 Å². The minimum absolute atomic E-state index is 0.0953. The first-order chi connectivity index (χ1) is 8.29. The first-order valence-electron chi connectivity index (χ1n) is 4.70. The van der Waals surface area contributed by atoms with Crippen LogP contribution in [0.5, 0.6) is 5.75 Å². The van der Waals surface area contributed by atoms with Gasteiger partial charge in [0, 0.05) is 11.6 Å². The van der Waals surface area contributed by atoms with Gasteiger partial charge in [-0.05, 0) is 12.1 Å². The summed E-state index contributed by atoms with van der Waals surface area (Å²) >= 11 is 5.57. The third-order valence-corrected chi connectivity index (χ3v) is 2.57. The van der Waals surface area contributed by atoms with Crippen molar-refractivity contribution in [1.82, 2.24) is 10.2 Å². The topological polar surface area (TPSA) is 74.9 Å². The molecule has 2 aromatic rings. The van der Waals surface area contributed by atoms with Crippen LogP contribution in [0.4, 0.5) is 19.0 Å². The van der Waals surface area contributed by atoms with Crippen LogP contribution in [0, 0.1) is 0 Å². The van der Waals surface area contributed by atoms with Gasteiger partial charge in [0.05, 0.1) is 16.3 Å². The molecule has 0 radical (unpaired) electrons. The van der Waals surface area contributed by atoms with Crippen LogP contribution in [0.2, 0.25) is 5.02 Å². The minimum Gasteiger partial charge on any atom is -0.506 e. The van der Waals surface area contributed by atoms with Gasteiger partial charge in [-0.3, -0.25) is 5.10 Å². The van der Waals surface area contributed by atoms with Gasteiger partial charge in [0.15, 0.2) is 0 Å². The highest BCUT2D eigenvalue weighted by atomic mass is 35.5. The number of aromatic amines is 1. The second kappa shape index (κ2) is 4.09. The quantitative estimate of drug-likeness (QED) is 0.750. The number of nitrogen functional groups attached to an aromatic ring is 1. The molecule has 0 aliphatic heterocycles. The number of hydrogen-bond donors (Lipinski definition) is 3. The van der Waals surface area contributed by atoms with Crippen molar-refractivity contribution >= 4 is 17.4 Å². The van der Waals surface area contributed by atoms with E-state index in [0.29, 0.717) is 6.07 Å². The number of alkyl halides is 3. The van der Waals surface area contributed by atoms with E-state index in [1.54, 1.807) is 0 Å². The zero-order valence-electron chi connectivity index (χ0n) is 8.72. The van der Waals surface area contributed by atoms with Gasteiger partial charge in [-0.1, -0.05) is 11.6 Å². The molecule has 0 atom stereocenters. The lowest BCUT2D eigenvalue weighted by molar-refractivity contribution is -0.137. The lowest BCUT2D eigenvalue weighted by atomic mass is 10.1. The Hall–Kier alpha value is -1.89. The van der Waals surface area contributed by atoms with Crippen molar-refractivity contribution < 1.29 is 18.3 Å². The second-order valence-electron chi connectivity index (χ2n) is 3.56. The summed E-state index contributed by atoms with van der Waals surface area (Å²) in [5.74, 6) is -0.369. The van der Waals surface area contributed by atoms with Gasteiger partial charge in [0.2, 0.25) is 0 Å². The van der Waals surface area contributed by atoms with E-state index in [9.17, 15) is 18.3 Å². The Morgan fingerprint density at radius 3 is 2.44 bits per heavy atom. The number of phenols is 1. The molecule has 0 aliphatic carbocycles. The monoisotopic (exact) mass is 277 g/mol. The van der Waals surface area contributed by atoms with Crippen LogP contribution in [-0.4, -0.2) is 15.3 Å². The Morgan fingerprint density at radius 2 is 1.94 bits per heavy atom. The molecular formula is C10H7ClF3N3O. The number of nitrogens with zero attached hydrogens (tertiary/aromatic N) is 1. The van der Waals surface area contributed by atoms with Gasteiger partial charge in [0.1, 0.15) is 11.6 Å².